The van der Waals surface area contributed by atoms with Crippen molar-refractivity contribution >= 4 is 23.6 Å². The third-order valence-electron chi connectivity index (χ3n) is 3.68. The minimum atomic E-state index is -0.800. The molecule has 9 nitrogen and oxygen atoms in total. The van der Waals surface area contributed by atoms with E-state index in [-0.39, 0.29) is 11.1 Å². The van der Waals surface area contributed by atoms with Crippen molar-refractivity contribution in [3.05, 3.63) is 45.8 Å². The number of carbonyl (C=O) groups is 2. The van der Waals surface area contributed by atoms with Crippen LogP contribution in [0.25, 0.3) is 16.0 Å². The summed E-state index contributed by atoms with van der Waals surface area (Å²) in [6, 6.07) is 5.35. The van der Waals surface area contributed by atoms with Crippen molar-refractivity contribution in [2.45, 2.75) is 51.6 Å². The van der Waals surface area contributed by atoms with Crippen molar-refractivity contribution in [3.8, 4) is 0 Å². The van der Waals surface area contributed by atoms with Crippen molar-refractivity contribution in [3.63, 3.8) is 0 Å². The molecule has 0 bridgehead atoms. The molecule has 0 aliphatic carbocycles. The molecular formula is C18H25N7O2. The van der Waals surface area contributed by atoms with Gasteiger partial charge in [-0.2, -0.15) is 4.79 Å². The Hall–Kier alpha value is -2.99. The highest BCUT2D eigenvalue weighted by Crippen LogP contribution is 2.14. The molecule has 1 aromatic rings. The molecule has 1 rings (SSSR count). The number of unbranched alkanes of at least 4 members (excludes halogenated alkanes) is 1. The van der Waals surface area contributed by atoms with Crippen LogP contribution < -0.4 is 10.6 Å². The molecule has 0 aromatic heterocycles. The van der Waals surface area contributed by atoms with Crippen molar-refractivity contribution in [2.24, 2.45) is 5.11 Å². The van der Waals surface area contributed by atoms with E-state index in [0.717, 1.165) is 19.2 Å². The number of hydrogen-bond acceptors (Lipinski definition) is 4. The van der Waals surface area contributed by atoms with E-state index in [1.165, 1.54) is 6.07 Å². The molecule has 0 unspecified atom stereocenters. The molecule has 0 radical (unpaired) electrons. The number of benzene rings is 1. The van der Waals surface area contributed by atoms with Crippen molar-refractivity contribution in [2.75, 3.05) is 6.54 Å². The lowest BCUT2D eigenvalue weighted by atomic mass is 10.0. The molecule has 1 aromatic carbocycles. The van der Waals surface area contributed by atoms with Crippen LogP contribution in [0.1, 0.15) is 50.4 Å². The molecule has 2 N–H and O–H groups in total. The first-order chi connectivity index (χ1) is 12.8. The Labute approximate surface area is 158 Å². The lowest BCUT2D eigenvalue weighted by Crippen LogP contribution is -2.41. The zero-order valence-corrected chi connectivity index (χ0v) is 15.8. The average Bonchev–Trinajstić information content (AvgIpc) is 2.60. The Balaban J connectivity index is 2.72. The largest absolute Gasteiger partial charge is 0.361 e. The van der Waals surface area contributed by atoms with Crippen molar-refractivity contribution < 1.29 is 14.4 Å². The quantitative estimate of drug-likeness (QED) is 0.214. The Morgan fingerprint density at radius 2 is 2.00 bits per heavy atom. The number of ketones is 1. The van der Waals surface area contributed by atoms with Gasteiger partial charge in [-0.25, -0.2) is 0 Å². The van der Waals surface area contributed by atoms with Crippen LogP contribution in [0.3, 0.4) is 0 Å². The second-order valence-corrected chi connectivity index (χ2v) is 7.09. The van der Waals surface area contributed by atoms with E-state index in [4.69, 9.17) is 11.1 Å². The zero-order chi connectivity index (χ0) is 20.3. The third-order valence-corrected chi connectivity index (χ3v) is 3.68. The number of hydrogen-bond donors (Lipinski definition) is 2. The van der Waals surface area contributed by atoms with Gasteiger partial charge in [0.2, 0.25) is 0 Å². The van der Waals surface area contributed by atoms with Crippen LogP contribution in [-0.4, -0.2) is 40.8 Å². The number of rotatable bonds is 10. The van der Waals surface area contributed by atoms with Gasteiger partial charge in [0.25, 0.3) is 11.7 Å². The number of Topliss-reactive ketones (excluding diaryl/α,β-unsaturated/α-hetero) is 1. The summed E-state index contributed by atoms with van der Waals surface area (Å²) < 4.78 is 0. The maximum Gasteiger partial charge on any atom is 0.325 e. The standard InChI is InChI=1S/C18H25N7O2/c1-18(2,3)21-10-5-4-9-15(16(26)12-22-19)23-17(27)13-7-6-8-14(11-13)24-25-20/h6-8,11-12,15,21H,4-5,9-10H2,1-3H3,(H,23,27)/t15-/m0/s1. The second kappa shape index (κ2) is 10.9. The molecule has 0 heterocycles. The summed E-state index contributed by atoms with van der Waals surface area (Å²) in [5, 5.41) is 9.46. The summed E-state index contributed by atoms with van der Waals surface area (Å²) in [5.41, 5.74) is 17.7. The van der Waals surface area contributed by atoms with Crippen LogP contribution in [0, 0.1) is 0 Å². The van der Waals surface area contributed by atoms with Gasteiger partial charge in [-0.05, 0) is 64.2 Å². The van der Waals surface area contributed by atoms with Gasteiger partial charge in [-0.3, -0.25) is 9.59 Å². The predicted octanol–water partition coefficient (Wildman–Crippen LogP) is 3.15. The Kier molecular flexibility index (Phi) is 8.89. The topological polar surface area (TPSA) is 143 Å². The second-order valence-electron chi connectivity index (χ2n) is 7.09. The van der Waals surface area contributed by atoms with Crippen molar-refractivity contribution in [1.29, 1.82) is 0 Å². The summed E-state index contributed by atoms with van der Waals surface area (Å²) in [7, 11) is 0. The molecule has 0 aliphatic heterocycles. The molecule has 27 heavy (non-hydrogen) atoms. The lowest BCUT2D eigenvalue weighted by Gasteiger charge is -2.20. The van der Waals surface area contributed by atoms with E-state index in [2.05, 4.69) is 46.2 Å². The number of carbonyl (C=O) groups excluding carboxylic acids is 2. The molecule has 0 fully saturated rings. The van der Waals surface area contributed by atoms with Gasteiger partial charge >= 0.3 is 6.21 Å². The highest BCUT2D eigenvalue weighted by atomic mass is 16.2. The minimum Gasteiger partial charge on any atom is -0.361 e. The van der Waals surface area contributed by atoms with E-state index in [0.29, 0.717) is 18.5 Å². The highest BCUT2D eigenvalue weighted by Gasteiger charge is 2.22. The number of azide groups is 1. The number of nitrogens with zero attached hydrogens (tertiary/aromatic N) is 5. The molecule has 0 aliphatic rings. The summed E-state index contributed by atoms with van der Waals surface area (Å²) in [6.07, 6.45) is 2.74. The van der Waals surface area contributed by atoms with Crippen molar-refractivity contribution in [1.82, 2.24) is 10.6 Å². The fourth-order valence-electron chi connectivity index (χ4n) is 2.37. The van der Waals surface area contributed by atoms with Gasteiger partial charge in [-0.15, -0.1) is 0 Å². The monoisotopic (exact) mass is 371 g/mol. The lowest BCUT2D eigenvalue weighted by molar-refractivity contribution is -0.117. The Morgan fingerprint density at radius 1 is 1.26 bits per heavy atom. The van der Waals surface area contributed by atoms with E-state index >= 15 is 0 Å². The fourth-order valence-corrected chi connectivity index (χ4v) is 2.37. The van der Waals surface area contributed by atoms with Crippen LogP contribution >= 0.6 is 0 Å². The van der Waals surface area contributed by atoms with E-state index in [9.17, 15) is 9.59 Å². The summed E-state index contributed by atoms with van der Waals surface area (Å²) in [6.45, 7) is 7.01. The number of nitrogens with one attached hydrogen (secondary N) is 2. The predicted molar refractivity (Wildman–Crippen MR) is 103 cm³/mol. The maximum absolute atomic E-state index is 12.4. The summed E-state index contributed by atoms with van der Waals surface area (Å²) >= 11 is 0. The fraction of sp³-hybridized carbons (Fsp3) is 0.500. The molecule has 1 atom stereocenters. The highest BCUT2D eigenvalue weighted by molar-refractivity contribution is 6.28. The van der Waals surface area contributed by atoms with E-state index in [1.807, 2.05) is 0 Å². The smallest absolute Gasteiger partial charge is 0.325 e. The molecule has 1 amide bonds. The third kappa shape index (κ3) is 8.78. The normalized spacial score (nSPS) is 11.7. The molecular weight excluding hydrogens is 346 g/mol. The zero-order valence-electron chi connectivity index (χ0n) is 15.8. The van der Waals surface area contributed by atoms with Gasteiger partial charge < -0.3 is 16.2 Å². The molecule has 0 saturated carbocycles. The van der Waals surface area contributed by atoms with Gasteiger partial charge in [0, 0.05) is 21.7 Å². The molecule has 0 saturated heterocycles. The first-order valence-electron chi connectivity index (χ1n) is 8.69. The van der Waals surface area contributed by atoms with Gasteiger partial charge in [-0.1, -0.05) is 17.2 Å². The van der Waals surface area contributed by atoms with Gasteiger partial charge in [0.1, 0.15) is 0 Å². The van der Waals surface area contributed by atoms with Crippen LogP contribution in [0.2, 0.25) is 0 Å². The summed E-state index contributed by atoms with van der Waals surface area (Å²) in [4.78, 5) is 30.0. The van der Waals surface area contributed by atoms with Gasteiger partial charge in [0.05, 0.1) is 6.04 Å². The van der Waals surface area contributed by atoms with Gasteiger partial charge in [0.15, 0.2) is 0 Å². The maximum atomic E-state index is 12.4. The van der Waals surface area contributed by atoms with Crippen LogP contribution in [0.5, 0.6) is 0 Å². The average molecular weight is 371 g/mol. The SMILES string of the molecule is CC(C)(C)NCCCC[C@H](NC(=O)c1cccc(N=[N+]=[N-])c1)C(=O)C=[N+]=[N-]. The van der Waals surface area contributed by atoms with Crippen LogP contribution in [-0.2, 0) is 4.79 Å². The van der Waals surface area contributed by atoms with Crippen LogP contribution in [0.4, 0.5) is 5.69 Å². The summed E-state index contributed by atoms with van der Waals surface area (Å²) in [5.74, 6) is -0.955. The first-order valence-corrected chi connectivity index (χ1v) is 8.69. The Bertz CT molecular complexity index is 757. The minimum absolute atomic E-state index is 0.0178. The number of amides is 1. The Morgan fingerprint density at radius 3 is 2.63 bits per heavy atom. The van der Waals surface area contributed by atoms with E-state index in [1.54, 1.807) is 18.2 Å². The first kappa shape index (κ1) is 22.1. The molecule has 144 valence electrons. The molecule has 0 spiro atoms. The molecule has 9 heteroatoms. The van der Waals surface area contributed by atoms with E-state index < -0.39 is 17.7 Å². The van der Waals surface area contributed by atoms with Crippen LogP contribution in [0.15, 0.2) is 29.4 Å².